The topological polar surface area (TPSA) is 17.1 Å². The van der Waals surface area contributed by atoms with Gasteiger partial charge in [-0.2, -0.15) is 13.2 Å². The molecule has 0 radical (unpaired) electrons. The maximum absolute atomic E-state index is 11.8. The van der Waals surface area contributed by atoms with Gasteiger partial charge in [-0.15, -0.1) is 11.3 Å². The molecule has 0 amide bonds. The Bertz CT molecular complexity index is 318. The molecular formula is C7H4ClF3OS. The lowest BCUT2D eigenvalue weighted by atomic mass is 10.2. The van der Waals surface area contributed by atoms with Gasteiger partial charge in [0.1, 0.15) is 0 Å². The van der Waals surface area contributed by atoms with E-state index in [9.17, 15) is 18.0 Å². The maximum atomic E-state index is 11.8. The van der Waals surface area contributed by atoms with E-state index in [4.69, 9.17) is 11.6 Å². The minimum absolute atomic E-state index is 0.326. The lowest BCUT2D eigenvalue weighted by molar-refractivity contribution is -0.170. The van der Waals surface area contributed by atoms with E-state index < -0.39 is 18.4 Å². The van der Waals surface area contributed by atoms with Crippen LogP contribution in [0.5, 0.6) is 0 Å². The monoisotopic (exact) mass is 228 g/mol. The highest BCUT2D eigenvalue weighted by Crippen LogP contribution is 2.25. The Morgan fingerprint density at radius 3 is 2.46 bits per heavy atom. The van der Waals surface area contributed by atoms with Gasteiger partial charge in [-0.25, -0.2) is 0 Å². The molecule has 1 heterocycles. The minimum atomic E-state index is -4.75. The molecular weight excluding hydrogens is 225 g/mol. The second-order valence-electron chi connectivity index (χ2n) is 2.30. The summed E-state index contributed by atoms with van der Waals surface area (Å²) in [4.78, 5) is 10.8. The van der Waals surface area contributed by atoms with Crippen LogP contribution in [-0.2, 0) is 11.2 Å². The second kappa shape index (κ2) is 3.67. The van der Waals surface area contributed by atoms with Crippen LogP contribution in [0.25, 0.3) is 0 Å². The molecule has 1 aromatic rings. The first-order chi connectivity index (χ1) is 5.89. The molecule has 0 N–H and O–H groups in total. The van der Waals surface area contributed by atoms with Crippen molar-refractivity contribution in [3.63, 3.8) is 0 Å². The van der Waals surface area contributed by atoms with Crippen LogP contribution >= 0.6 is 22.9 Å². The summed E-state index contributed by atoms with van der Waals surface area (Å²) < 4.78 is 35.7. The molecule has 0 aromatic carbocycles. The van der Waals surface area contributed by atoms with E-state index in [1.165, 1.54) is 12.1 Å². The fourth-order valence-electron chi connectivity index (χ4n) is 0.705. The van der Waals surface area contributed by atoms with E-state index in [2.05, 4.69) is 0 Å². The van der Waals surface area contributed by atoms with Gasteiger partial charge in [-0.3, -0.25) is 4.79 Å². The Morgan fingerprint density at radius 1 is 1.46 bits per heavy atom. The summed E-state index contributed by atoms with van der Waals surface area (Å²) in [5.74, 6) is -1.74. The van der Waals surface area contributed by atoms with Gasteiger partial charge in [0, 0.05) is 4.88 Å². The molecule has 1 nitrogen and oxygen atoms in total. The molecule has 0 spiro atoms. The number of rotatable bonds is 2. The number of carbonyl (C=O) groups is 1. The highest BCUT2D eigenvalue weighted by Gasteiger charge is 2.37. The summed E-state index contributed by atoms with van der Waals surface area (Å²) in [6.45, 7) is 0. The van der Waals surface area contributed by atoms with E-state index in [1.54, 1.807) is 0 Å². The number of hydrogen-bond donors (Lipinski definition) is 0. The fourth-order valence-corrected chi connectivity index (χ4v) is 1.79. The third-order valence-electron chi connectivity index (χ3n) is 1.28. The van der Waals surface area contributed by atoms with Crippen LogP contribution in [0, 0.1) is 0 Å². The molecule has 0 atom stereocenters. The molecule has 6 heteroatoms. The molecule has 0 bridgehead atoms. The molecule has 0 saturated heterocycles. The van der Waals surface area contributed by atoms with Crippen molar-refractivity contribution in [1.82, 2.24) is 0 Å². The lowest BCUT2D eigenvalue weighted by Gasteiger charge is -2.02. The summed E-state index contributed by atoms with van der Waals surface area (Å²) in [6.07, 6.45) is -5.38. The number of carbonyl (C=O) groups excluding carboxylic acids is 1. The van der Waals surface area contributed by atoms with Crippen LogP contribution in [0.15, 0.2) is 12.1 Å². The van der Waals surface area contributed by atoms with E-state index in [0.29, 0.717) is 9.21 Å². The van der Waals surface area contributed by atoms with Crippen LogP contribution in [-0.4, -0.2) is 12.0 Å². The number of hydrogen-bond acceptors (Lipinski definition) is 2. The van der Waals surface area contributed by atoms with Crippen molar-refractivity contribution in [2.24, 2.45) is 0 Å². The van der Waals surface area contributed by atoms with E-state index >= 15 is 0 Å². The summed E-state index contributed by atoms with van der Waals surface area (Å²) in [7, 11) is 0. The molecule has 72 valence electrons. The summed E-state index contributed by atoms with van der Waals surface area (Å²) in [5.41, 5.74) is 0. The minimum Gasteiger partial charge on any atom is -0.289 e. The Kier molecular flexibility index (Phi) is 2.98. The zero-order valence-corrected chi connectivity index (χ0v) is 7.76. The molecule has 13 heavy (non-hydrogen) atoms. The summed E-state index contributed by atoms with van der Waals surface area (Å²) >= 11 is 6.46. The molecule has 0 saturated carbocycles. The zero-order valence-electron chi connectivity index (χ0n) is 6.19. The number of ketones is 1. The summed E-state index contributed by atoms with van der Waals surface area (Å²) in [6, 6.07) is 2.88. The third-order valence-corrected chi connectivity index (χ3v) is 2.51. The van der Waals surface area contributed by atoms with Crippen molar-refractivity contribution in [3.8, 4) is 0 Å². The van der Waals surface area contributed by atoms with Crippen LogP contribution in [0.3, 0.4) is 0 Å². The Labute approximate surface area is 81.1 Å². The largest absolute Gasteiger partial charge is 0.450 e. The van der Waals surface area contributed by atoms with Gasteiger partial charge in [-0.1, -0.05) is 11.6 Å². The molecule has 0 aliphatic carbocycles. The van der Waals surface area contributed by atoms with Crippen LogP contribution in [0.4, 0.5) is 13.2 Å². The predicted octanol–water partition coefficient (Wildman–Crippen LogP) is 3.08. The van der Waals surface area contributed by atoms with Crippen molar-refractivity contribution in [2.75, 3.05) is 0 Å². The number of Topliss-reactive ketones (excluding diaryl/α,β-unsaturated/α-hetero) is 1. The smallest absolute Gasteiger partial charge is 0.289 e. The van der Waals surface area contributed by atoms with Crippen molar-refractivity contribution in [2.45, 2.75) is 12.6 Å². The van der Waals surface area contributed by atoms with Gasteiger partial charge >= 0.3 is 6.18 Å². The van der Waals surface area contributed by atoms with Crippen LogP contribution in [0.2, 0.25) is 4.34 Å². The standard InChI is InChI=1S/C7H4ClF3OS/c8-6-2-1-4(13-6)3-5(12)7(9,10)11/h1-2H,3H2. The Morgan fingerprint density at radius 2 is 2.08 bits per heavy atom. The molecule has 0 aliphatic heterocycles. The van der Waals surface area contributed by atoms with Crippen molar-refractivity contribution < 1.29 is 18.0 Å². The Hall–Kier alpha value is -0.550. The number of halogens is 4. The first kappa shape index (κ1) is 10.5. The van der Waals surface area contributed by atoms with Gasteiger partial charge in [0.2, 0.25) is 5.78 Å². The third kappa shape index (κ3) is 3.00. The van der Waals surface area contributed by atoms with E-state index in [1.807, 2.05) is 0 Å². The molecule has 1 rings (SSSR count). The highest BCUT2D eigenvalue weighted by atomic mass is 35.5. The van der Waals surface area contributed by atoms with Crippen molar-refractivity contribution in [3.05, 3.63) is 21.3 Å². The maximum Gasteiger partial charge on any atom is 0.450 e. The number of alkyl halides is 3. The first-order valence-electron chi connectivity index (χ1n) is 3.24. The average Bonchev–Trinajstić information content (AvgIpc) is 2.33. The molecule has 0 aliphatic rings. The van der Waals surface area contributed by atoms with Crippen molar-refractivity contribution >= 4 is 28.7 Å². The van der Waals surface area contributed by atoms with E-state index in [0.717, 1.165) is 11.3 Å². The SMILES string of the molecule is O=C(Cc1ccc(Cl)s1)C(F)(F)F. The lowest BCUT2D eigenvalue weighted by Crippen LogP contribution is -2.24. The Balaban J connectivity index is 2.65. The van der Waals surface area contributed by atoms with Gasteiger partial charge in [-0.05, 0) is 12.1 Å². The highest BCUT2D eigenvalue weighted by molar-refractivity contribution is 7.16. The van der Waals surface area contributed by atoms with Gasteiger partial charge in [0.15, 0.2) is 0 Å². The van der Waals surface area contributed by atoms with Crippen LogP contribution in [0.1, 0.15) is 4.88 Å². The quantitative estimate of drug-likeness (QED) is 0.760. The van der Waals surface area contributed by atoms with E-state index in [-0.39, 0.29) is 0 Å². The van der Waals surface area contributed by atoms with Crippen molar-refractivity contribution in [1.29, 1.82) is 0 Å². The summed E-state index contributed by atoms with van der Waals surface area (Å²) in [5, 5.41) is 0. The average molecular weight is 229 g/mol. The normalized spacial score (nSPS) is 11.7. The van der Waals surface area contributed by atoms with Gasteiger partial charge < -0.3 is 0 Å². The molecule has 0 unspecified atom stereocenters. The van der Waals surface area contributed by atoms with Gasteiger partial charge in [0.05, 0.1) is 10.8 Å². The second-order valence-corrected chi connectivity index (χ2v) is 4.10. The molecule has 1 aromatic heterocycles. The number of thiophene rings is 1. The van der Waals surface area contributed by atoms with Gasteiger partial charge in [0.25, 0.3) is 0 Å². The van der Waals surface area contributed by atoms with Crippen LogP contribution < -0.4 is 0 Å². The zero-order chi connectivity index (χ0) is 10.1. The first-order valence-corrected chi connectivity index (χ1v) is 4.43. The fraction of sp³-hybridized carbons (Fsp3) is 0.286. The molecule has 0 fully saturated rings. The predicted molar refractivity (Wildman–Crippen MR) is 44.1 cm³/mol.